The lowest BCUT2D eigenvalue weighted by Crippen LogP contribution is -2.00. The van der Waals surface area contributed by atoms with E-state index < -0.39 is 0 Å². The number of rotatable bonds is 5. The first kappa shape index (κ1) is 12.7. The summed E-state index contributed by atoms with van der Waals surface area (Å²) < 4.78 is 7.80. The Morgan fingerprint density at radius 3 is 2.90 bits per heavy atom. The van der Waals surface area contributed by atoms with E-state index in [1.807, 2.05) is 41.1 Å². The number of nitrogens with zero attached hydrogens (tertiary/aromatic N) is 2. The minimum atomic E-state index is 0.575. The van der Waals surface area contributed by atoms with Crippen LogP contribution in [0.25, 0.3) is 5.70 Å². The zero-order valence-corrected chi connectivity index (χ0v) is 11.7. The number of para-hydroxylation sites is 1. The third-order valence-corrected chi connectivity index (χ3v) is 3.81. The predicted molar refractivity (Wildman–Crippen MR) is 81.8 cm³/mol. The van der Waals surface area contributed by atoms with Gasteiger partial charge in [0.1, 0.15) is 12.4 Å². The molecule has 0 unspecified atom stereocenters. The van der Waals surface area contributed by atoms with Crippen molar-refractivity contribution in [2.45, 2.75) is 6.61 Å². The van der Waals surface area contributed by atoms with E-state index in [9.17, 15) is 0 Å². The van der Waals surface area contributed by atoms with Gasteiger partial charge in [0, 0.05) is 22.8 Å². The number of thiophene rings is 1. The number of aromatic nitrogens is 2. The van der Waals surface area contributed by atoms with Crippen molar-refractivity contribution in [3.63, 3.8) is 0 Å². The highest BCUT2D eigenvalue weighted by Gasteiger charge is 2.08. The van der Waals surface area contributed by atoms with E-state index in [2.05, 4.69) is 23.0 Å². The van der Waals surface area contributed by atoms with Gasteiger partial charge < -0.3 is 9.30 Å². The van der Waals surface area contributed by atoms with Crippen molar-refractivity contribution in [1.82, 2.24) is 9.55 Å². The Balaban J connectivity index is 1.83. The normalized spacial score (nSPS) is 10.4. The summed E-state index contributed by atoms with van der Waals surface area (Å²) in [5.41, 5.74) is 1.83. The van der Waals surface area contributed by atoms with Gasteiger partial charge in [-0.15, -0.1) is 11.3 Å². The van der Waals surface area contributed by atoms with Crippen LogP contribution in [0.15, 0.2) is 67.1 Å². The van der Waals surface area contributed by atoms with Crippen LogP contribution in [0, 0.1) is 0 Å². The summed E-state index contributed by atoms with van der Waals surface area (Å²) in [6, 6.07) is 12.0. The SMILES string of the molecule is C=C(c1ccccc1OCc1cccs1)n1ccnc1. The van der Waals surface area contributed by atoms with Crippen LogP contribution in [0.5, 0.6) is 5.75 Å². The number of imidazole rings is 1. The maximum absolute atomic E-state index is 5.92. The lowest BCUT2D eigenvalue weighted by atomic mass is 10.1. The summed E-state index contributed by atoms with van der Waals surface area (Å²) in [7, 11) is 0. The first-order valence-corrected chi connectivity index (χ1v) is 7.14. The lowest BCUT2D eigenvalue weighted by Gasteiger charge is -2.13. The first-order chi connectivity index (χ1) is 9.84. The van der Waals surface area contributed by atoms with E-state index in [-0.39, 0.29) is 0 Å². The van der Waals surface area contributed by atoms with Crippen LogP contribution in [0.2, 0.25) is 0 Å². The molecule has 1 aromatic carbocycles. The van der Waals surface area contributed by atoms with Crippen LogP contribution in [-0.2, 0) is 6.61 Å². The summed E-state index contributed by atoms with van der Waals surface area (Å²) in [4.78, 5) is 5.25. The van der Waals surface area contributed by atoms with Gasteiger partial charge in [-0.2, -0.15) is 0 Å². The highest BCUT2D eigenvalue weighted by Crippen LogP contribution is 2.27. The van der Waals surface area contributed by atoms with Gasteiger partial charge >= 0.3 is 0 Å². The van der Waals surface area contributed by atoms with Gasteiger partial charge in [-0.25, -0.2) is 4.98 Å². The molecule has 0 saturated carbocycles. The number of ether oxygens (including phenoxy) is 1. The fourth-order valence-electron chi connectivity index (χ4n) is 1.93. The minimum absolute atomic E-state index is 0.575. The lowest BCUT2D eigenvalue weighted by molar-refractivity contribution is 0.309. The molecule has 0 bridgehead atoms. The van der Waals surface area contributed by atoms with Crippen LogP contribution >= 0.6 is 11.3 Å². The molecular weight excluding hydrogens is 268 g/mol. The number of benzene rings is 1. The Bertz CT molecular complexity index is 687. The van der Waals surface area contributed by atoms with Gasteiger partial charge in [-0.3, -0.25) is 0 Å². The van der Waals surface area contributed by atoms with Crippen LogP contribution < -0.4 is 4.74 Å². The molecule has 2 heterocycles. The van der Waals surface area contributed by atoms with Gasteiger partial charge in [0.15, 0.2) is 0 Å². The molecule has 0 amide bonds. The van der Waals surface area contributed by atoms with Crippen molar-refractivity contribution in [3.8, 4) is 5.75 Å². The molecule has 0 spiro atoms. The molecular formula is C16H14N2OS. The van der Waals surface area contributed by atoms with Crippen LogP contribution in [0.3, 0.4) is 0 Å². The molecule has 0 aliphatic rings. The summed E-state index contributed by atoms with van der Waals surface area (Å²) in [6.45, 7) is 4.69. The van der Waals surface area contributed by atoms with E-state index in [1.165, 1.54) is 4.88 Å². The maximum atomic E-state index is 5.92. The second kappa shape index (κ2) is 5.75. The van der Waals surface area contributed by atoms with Gasteiger partial charge in [-0.1, -0.05) is 24.8 Å². The van der Waals surface area contributed by atoms with Crippen molar-refractivity contribution < 1.29 is 4.74 Å². The Labute approximate surface area is 121 Å². The Hall–Kier alpha value is -2.33. The van der Waals surface area contributed by atoms with Crippen molar-refractivity contribution in [1.29, 1.82) is 0 Å². The van der Waals surface area contributed by atoms with E-state index in [4.69, 9.17) is 4.74 Å². The molecule has 0 N–H and O–H groups in total. The summed E-state index contributed by atoms with van der Waals surface area (Å²) in [6.07, 6.45) is 5.34. The molecule has 3 aromatic rings. The zero-order valence-electron chi connectivity index (χ0n) is 10.9. The van der Waals surface area contributed by atoms with Gasteiger partial charge in [-0.05, 0) is 23.6 Å². The summed E-state index contributed by atoms with van der Waals surface area (Å²) in [5, 5.41) is 2.05. The average Bonchev–Trinajstić information content (AvgIpc) is 3.18. The van der Waals surface area contributed by atoms with Gasteiger partial charge in [0.05, 0.1) is 12.0 Å². The molecule has 2 aromatic heterocycles. The second-order valence-electron chi connectivity index (χ2n) is 4.28. The van der Waals surface area contributed by atoms with Crippen LogP contribution in [0.4, 0.5) is 0 Å². The molecule has 0 aliphatic heterocycles. The molecule has 20 heavy (non-hydrogen) atoms. The molecule has 100 valence electrons. The van der Waals surface area contributed by atoms with E-state index in [1.54, 1.807) is 23.9 Å². The maximum Gasteiger partial charge on any atom is 0.129 e. The number of hydrogen-bond donors (Lipinski definition) is 0. The van der Waals surface area contributed by atoms with E-state index >= 15 is 0 Å². The van der Waals surface area contributed by atoms with Crippen molar-refractivity contribution >= 4 is 17.0 Å². The average molecular weight is 282 g/mol. The third kappa shape index (κ3) is 2.65. The van der Waals surface area contributed by atoms with E-state index in [0.717, 1.165) is 17.0 Å². The zero-order chi connectivity index (χ0) is 13.8. The molecule has 3 rings (SSSR count). The fraction of sp³-hybridized carbons (Fsp3) is 0.0625. The van der Waals surface area contributed by atoms with Crippen molar-refractivity contribution in [3.05, 3.63) is 77.5 Å². The molecule has 0 atom stereocenters. The summed E-state index contributed by atoms with van der Waals surface area (Å²) >= 11 is 1.69. The van der Waals surface area contributed by atoms with Crippen LogP contribution in [-0.4, -0.2) is 9.55 Å². The van der Waals surface area contributed by atoms with Gasteiger partial charge in [0.25, 0.3) is 0 Å². The molecule has 0 saturated heterocycles. The largest absolute Gasteiger partial charge is 0.487 e. The van der Waals surface area contributed by atoms with Crippen molar-refractivity contribution in [2.75, 3.05) is 0 Å². The Morgan fingerprint density at radius 2 is 2.15 bits per heavy atom. The highest BCUT2D eigenvalue weighted by molar-refractivity contribution is 7.09. The molecule has 0 aliphatic carbocycles. The summed E-state index contributed by atoms with van der Waals surface area (Å²) in [5.74, 6) is 0.833. The fourth-order valence-corrected chi connectivity index (χ4v) is 2.55. The topological polar surface area (TPSA) is 27.1 Å². The Kier molecular flexibility index (Phi) is 3.65. The quantitative estimate of drug-likeness (QED) is 0.706. The third-order valence-electron chi connectivity index (χ3n) is 2.96. The standard InChI is InChI=1S/C16H14N2OS/c1-13(18-9-8-17-12-18)15-6-2-3-7-16(15)19-11-14-5-4-10-20-14/h2-10,12H,1,11H2. The first-order valence-electron chi connectivity index (χ1n) is 6.26. The molecule has 3 nitrogen and oxygen atoms in total. The van der Waals surface area contributed by atoms with Gasteiger partial charge in [0.2, 0.25) is 0 Å². The smallest absolute Gasteiger partial charge is 0.129 e. The minimum Gasteiger partial charge on any atom is -0.487 e. The van der Waals surface area contributed by atoms with Crippen LogP contribution in [0.1, 0.15) is 10.4 Å². The molecule has 0 radical (unpaired) electrons. The predicted octanol–water partition coefficient (Wildman–Crippen LogP) is 4.04. The molecule has 0 fully saturated rings. The highest BCUT2D eigenvalue weighted by atomic mass is 32.1. The van der Waals surface area contributed by atoms with E-state index in [0.29, 0.717) is 6.61 Å². The Morgan fingerprint density at radius 1 is 1.25 bits per heavy atom. The second-order valence-corrected chi connectivity index (χ2v) is 5.31. The number of hydrogen-bond acceptors (Lipinski definition) is 3. The van der Waals surface area contributed by atoms with Crippen molar-refractivity contribution in [2.24, 2.45) is 0 Å². The molecule has 4 heteroatoms. The monoisotopic (exact) mass is 282 g/mol.